The monoisotopic (exact) mass is 810 g/mol. The standard InChI is InChI=1S/C48H91NO6S/c1-3-5-7-9-11-13-15-17-19-21-22-23-24-25-27-29-31-33-35-37-39-41-43-47(51)48(52)49-45(44-56(53,54)55)46(50)42-40-38-36-34-32-30-28-26-20-18-16-14-12-10-8-6-4-2/h22-23,25,27,40,42,45-47,50-51H,3-21,24,26,28-39,41,43-44H2,1-2H3,(H,49,52)(H,53,54,55)/b23-22-,27-25-,42-40+. The van der Waals surface area contributed by atoms with Crippen molar-refractivity contribution in [3.63, 3.8) is 0 Å². The number of rotatable bonds is 43. The highest BCUT2D eigenvalue weighted by Crippen LogP contribution is 2.15. The molecule has 0 aliphatic heterocycles. The molecule has 0 aromatic carbocycles. The number of carbonyl (C=O) groups excluding carboxylic acids is 1. The molecule has 8 heteroatoms. The van der Waals surface area contributed by atoms with Gasteiger partial charge in [0.15, 0.2) is 0 Å². The molecule has 0 heterocycles. The topological polar surface area (TPSA) is 124 Å². The molecule has 0 fully saturated rings. The Morgan fingerprint density at radius 3 is 1.21 bits per heavy atom. The lowest BCUT2D eigenvalue weighted by molar-refractivity contribution is -0.130. The Morgan fingerprint density at radius 1 is 0.500 bits per heavy atom. The van der Waals surface area contributed by atoms with Gasteiger partial charge in [0, 0.05) is 0 Å². The van der Waals surface area contributed by atoms with Crippen LogP contribution in [0.1, 0.15) is 239 Å². The van der Waals surface area contributed by atoms with E-state index in [0.29, 0.717) is 6.42 Å². The smallest absolute Gasteiger partial charge is 0.267 e. The minimum Gasteiger partial charge on any atom is -0.387 e. The molecule has 0 aliphatic carbocycles. The van der Waals surface area contributed by atoms with Gasteiger partial charge in [0.1, 0.15) is 6.10 Å². The van der Waals surface area contributed by atoms with E-state index in [4.69, 9.17) is 0 Å². The summed E-state index contributed by atoms with van der Waals surface area (Å²) >= 11 is 0. The number of aliphatic hydroxyl groups is 2. The summed E-state index contributed by atoms with van der Waals surface area (Å²) in [5.41, 5.74) is 0. The van der Waals surface area contributed by atoms with Crippen LogP contribution in [0.25, 0.3) is 0 Å². The Hall–Kier alpha value is -1.48. The molecule has 3 unspecified atom stereocenters. The van der Waals surface area contributed by atoms with Crippen LogP contribution in [0, 0.1) is 0 Å². The molecular weight excluding hydrogens is 719 g/mol. The lowest BCUT2D eigenvalue weighted by Crippen LogP contribution is -2.50. The molecule has 0 radical (unpaired) electrons. The van der Waals surface area contributed by atoms with Gasteiger partial charge in [0.2, 0.25) is 5.91 Å². The highest BCUT2D eigenvalue weighted by molar-refractivity contribution is 7.85. The summed E-state index contributed by atoms with van der Waals surface area (Å²) in [6, 6.07) is -1.24. The van der Waals surface area contributed by atoms with E-state index in [0.717, 1.165) is 64.2 Å². The number of aliphatic hydroxyl groups excluding tert-OH is 2. The number of hydrogen-bond donors (Lipinski definition) is 4. The fourth-order valence-electron chi connectivity index (χ4n) is 7.25. The van der Waals surface area contributed by atoms with Crippen LogP contribution in [-0.2, 0) is 14.9 Å². The van der Waals surface area contributed by atoms with Crippen LogP contribution >= 0.6 is 0 Å². The van der Waals surface area contributed by atoms with Gasteiger partial charge >= 0.3 is 0 Å². The highest BCUT2D eigenvalue weighted by Gasteiger charge is 2.27. The van der Waals surface area contributed by atoms with Crippen molar-refractivity contribution in [2.24, 2.45) is 0 Å². The van der Waals surface area contributed by atoms with Crippen LogP contribution in [0.2, 0.25) is 0 Å². The first-order valence-corrected chi connectivity index (χ1v) is 25.4. The van der Waals surface area contributed by atoms with Gasteiger partial charge in [0.05, 0.1) is 17.9 Å². The Labute approximate surface area is 347 Å². The third-order valence-corrected chi connectivity index (χ3v) is 11.7. The number of hydrogen-bond acceptors (Lipinski definition) is 5. The van der Waals surface area contributed by atoms with E-state index in [1.54, 1.807) is 6.08 Å². The van der Waals surface area contributed by atoms with Gasteiger partial charge in [-0.3, -0.25) is 9.35 Å². The van der Waals surface area contributed by atoms with E-state index in [1.807, 2.05) is 0 Å². The van der Waals surface area contributed by atoms with Crippen LogP contribution in [-0.4, -0.2) is 53.1 Å². The first-order chi connectivity index (χ1) is 27.2. The maximum Gasteiger partial charge on any atom is 0.267 e. The summed E-state index contributed by atoms with van der Waals surface area (Å²) in [5.74, 6) is -1.54. The van der Waals surface area contributed by atoms with Crippen LogP contribution in [0.4, 0.5) is 0 Å². The zero-order valence-corrected chi connectivity index (χ0v) is 37.4. The third kappa shape index (κ3) is 40.7. The number of carbonyl (C=O) groups is 1. The average Bonchev–Trinajstić information content (AvgIpc) is 3.17. The lowest BCUT2D eigenvalue weighted by Gasteiger charge is -2.22. The predicted molar refractivity (Wildman–Crippen MR) is 241 cm³/mol. The normalized spacial score (nSPS) is 14.0. The van der Waals surface area contributed by atoms with Crippen LogP contribution < -0.4 is 5.32 Å². The summed E-state index contributed by atoms with van der Waals surface area (Å²) in [7, 11) is -4.45. The van der Waals surface area contributed by atoms with Gasteiger partial charge in [-0.1, -0.05) is 224 Å². The van der Waals surface area contributed by atoms with Crippen LogP contribution in [0.3, 0.4) is 0 Å². The number of nitrogens with one attached hydrogen (secondary N) is 1. The second-order valence-corrected chi connectivity index (χ2v) is 18.0. The van der Waals surface area contributed by atoms with Gasteiger partial charge in [-0.25, -0.2) is 0 Å². The van der Waals surface area contributed by atoms with E-state index >= 15 is 0 Å². The molecule has 330 valence electrons. The summed E-state index contributed by atoms with van der Waals surface area (Å²) < 4.78 is 32.6. The first kappa shape index (κ1) is 54.5. The van der Waals surface area contributed by atoms with Crippen molar-refractivity contribution >= 4 is 16.0 Å². The lowest BCUT2D eigenvalue weighted by atomic mass is 10.0. The van der Waals surface area contributed by atoms with E-state index < -0.39 is 40.0 Å². The molecular formula is C48H91NO6S. The zero-order valence-electron chi connectivity index (χ0n) is 36.6. The Balaban J connectivity index is 3.96. The Morgan fingerprint density at radius 2 is 0.839 bits per heavy atom. The molecule has 7 nitrogen and oxygen atoms in total. The van der Waals surface area contributed by atoms with E-state index in [2.05, 4.69) is 43.5 Å². The van der Waals surface area contributed by atoms with Crippen molar-refractivity contribution in [2.75, 3.05) is 5.75 Å². The summed E-state index contributed by atoms with van der Waals surface area (Å²) in [6.45, 7) is 4.53. The van der Waals surface area contributed by atoms with E-state index in [-0.39, 0.29) is 6.42 Å². The minimum atomic E-state index is -4.45. The van der Waals surface area contributed by atoms with Gasteiger partial charge in [-0.05, 0) is 51.4 Å². The molecule has 0 bridgehead atoms. The molecule has 0 saturated heterocycles. The molecule has 0 spiro atoms. The van der Waals surface area contributed by atoms with Crippen molar-refractivity contribution < 1.29 is 28.0 Å². The van der Waals surface area contributed by atoms with Gasteiger partial charge < -0.3 is 15.5 Å². The van der Waals surface area contributed by atoms with E-state index in [1.165, 1.54) is 154 Å². The summed E-state index contributed by atoms with van der Waals surface area (Å²) in [6.07, 6.45) is 52.0. The number of amides is 1. The zero-order chi connectivity index (χ0) is 41.2. The largest absolute Gasteiger partial charge is 0.387 e. The average molecular weight is 810 g/mol. The molecule has 3 atom stereocenters. The molecule has 0 aliphatic rings. The predicted octanol–water partition coefficient (Wildman–Crippen LogP) is 13.4. The Bertz CT molecular complexity index is 1040. The quantitative estimate of drug-likeness (QED) is 0.0276. The van der Waals surface area contributed by atoms with Crippen molar-refractivity contribution in [1.29, 1.82) is 0 Å². The summed E-state index contributed by atoms with van der Waals surface area (Å²) in [5, 5.41) is 23.5. The van der Waals surface area contributed by atoms with Crippen LogP contribution in [0.5, 0.6) is 0 Å². The number of allylic oxidation sites excluding steroid dienone is 5. The van der Waals surface area contributed by atoms with E-state index in [9.17, 15) is 28.0 Å². The van der Waals surface area contributed by atoms with Crippen molar-refractivity contribution in [2.45, 2.75) is 257 Å². The maximum atomic E-state index is 12.6. The van der Waals surface area contributed by atoms with Crippen molar-refractivity contribution in [3.8, 4) is 0 Å². The van der Waals surface area contributed by atoms with Crippen LogP contribution in [0.15, 0.2) is 36.5 Å². The fourth-order valence-corrected chi connectivity index (χ4v) is 7.99. The molecule has 1 amide bonds. The fraction of sp³-hybridized carbons (Fsp3) is 0.854. The number of unbranched alkanes of at least 4 members (excludes halogenated alkanes) is 30. The van der Waals surface area contributed by atoms with Crippen molar-refractivity contribution in [1.82, 2.24) is 5.32 Å². The Kier molecular flexibility index (Phi) is 40.6. The highest BCUT2D eigenvalue weighted by atomic mass is 32.2. The SMILES string of the molecule is CCCCCCCCCCC/C=C\C/C=C\CCCCCCCCC(O)C(=O)NC(CS(=O)(=O)O)C(O)/C=C/CCCCCCCCCCCCCCCCC. The molecule has 56 heavy (non-hydrogen) atoms. The van der Waals surface area contributed by atoms with Gasteiger partial charge in [0.25, 0.3) is 10.1 Å². The third-order valence-electron chi connectivity index (χ3n) is 10.9. The summed E-state index contributed by atoms with van der Waals surface area (Å²) in [4.78, 5) is 12.6. The molecule has 0 aromatic heterocycles. The maximum absolute atomic E-state index is 12.6. The van der Waals surface area contributed by atoms with Gasteiger partial charge in [-0.15, -0.1) is 0 Å². The molecule has 0 rings (SSSR count). The van der Waals surface area contributed by atoms with Crippen molar-refractivity contribution in [3.05, 3.63) is 36.5 Å². The van der Waals surface area contributed by atoms with Gasteiger partial charge in [-0.2, -0.15) is 8.42 Å². The minimum absolute atomic E-state index is 0.269. The second kappa shape index (κ2) is 41.7. The molecule has 4 N–H and O–H groups in total. The first-order valence-electron chi connectivity index (χ1n) is 23.8. The molecule has 0 saturated carbocycles. The second-order valence-electron chi connectivity index (χ2n) is 16.5. The molecule has 0 aromatic rings.